The molecule has 0 spiro atoms. The average Bonchev–Trinajstić information content (AvgIpc) is 2.77. The summed E-state index contributed by atoms with van der Waals surface area (Å²) in [5.41, 5.74) is 3.67. The molecule has 1 unspecified atom stereocenters. The van der Waals surface area contributed by atoms with Gasteiger partial charge in [-0.1, -0.05) is 61.5 Å². The fourth-order valence-corrected chi connectivity index (χ4v) is 3.17. The third kappa shape index (κ3) is 6.86. The maximum absolute atomic E-state index is 6.03. The number of anilines is 1. The van der Waals surface area contributed by atoms with Crippen LogP contribution in [0.15, 0.2) is 78.9 Å². The van der Waals surface area contributed by atoms with Crippen LogP contribution in [0.5, 0.6) is 11.5 Å². The van der Waals surface area contributed by atoms with E-state index in [1.807, 2.05) is 36.4 Å². The van der Waals surface area contributed by atoms with Crippen molar-refractivity contribution in [1.82, 2.24) is 0 Å². The molecular formula is C26H31NO2. The van der Waals surface area contributed by atoms with Gasteiger partial charge in [0.1, 0.15) is 17.6 Å². The first kappa shape index (κ1) is 20.8. The monoisotopic (exact) mass is 389 g/mol. The van der Waals surface area contributed by atoms with Crippen molar-refractivity contribution in [2.45, 2.75) is 39.2 Å². The second-order valence-corrected chi connectivity index (χ2v) is 7.24. The van der Waals surface area contributed by atoms with Gasteiger partial charge < -0.3 is 14.8 Å². The van der Waals surface area contributed by atoms with E-state index < -0.39 is 0 Å². The Morgan fingerprint density at radius 1 is 0.828 bits per heavy atom. The number of hydrogen-bond acceptors (Lipinski definition) is 3. The quantitative estimate of drug-likeness (QED) is 0.400. The van der Waals surface area contributed by atoms with Crippen LogP contribution in [0.25, 0.3) is 0 Å². The van der Waals surface area contributed by atoms with Crippen LogP contribution in [0.2, 0.25) is 0 Å². The molecule has 3 nitrogen and oxygen atoms in total. The molecule has 1 atom stereocenters. The number of para-hydroxylation sites is 2. The molecule has 152 valence electrons. The normalized spacial score (nSPS) is 11.7. The summed E-state index contributed by atoms with van der Waals surface area (Å²) in [4.78, 5) is 0. The molecule has 0 heterocycles. The summed E-state index contributed by atoms with van der Waals surface area (Å²) >= 11 is 0. The molecule has 0 radical (unpaired) electrons. The second kappa shape index (κ2) is 11.2. The van der Waals surface area contributed by atoms with Gasteiger partial charge in [0.2, 0.25) is 0 Å². The largest absolute Gasteiger partial charge is 0.491 e. The van der Waals surface area contributed by atoms with E-state index in [-0.39, 0.29) is 6.10 Å². The van der Waals surface area contributed by atoms with Crippen molar-refractivity contribution >= 4 is 5.69 Å². The lowest BCUT2D eigenvalue weighted by Gasteiger charge is -2.18. The maximum Gasteiger partial charge on any atom is 0.142 e. The molecular weight excluding hydrogens is 358 g/mol. The zero-order valence-corrected chi connectivity index (χ0v) is 17.4. The van der Waals surface area contributed by atoms with Crippen molar-refractivity contribution in [3.63, 3.8) is 0 Å². The van der Waals surface area contributed by atoms with Crippen LogP contribution in [-0.4, -0.2) is 19.3 Å². The lowest BCUT2D eigenvalue weighted by Crippen LogP contribution is -2.23. The molecule has 0 aliphatic rings. The molecule has 0 bridgehead atoms. The van der Waals surface area contributed by atoms with E-state index in [1.165, 1.54) is 11.1 Å². The third-order valence-electron chi connectivity index (χ3n) is 4.85. The molecule has 3 aromatic rings. The van der Waals surface area contributed by atoms with Gasteiger partial charge in [-0.15, -0.1) is 0 Å². The SMILES string of the molecule is CCc1ccc(OC(C)CNc2ccccc2OCCCc2ccccc2)cc1. The van der Waals surface area contributed by atoms with E-state index in [2.05, 4.69) is 61.6 Å². The van der Waals surface area contributed by atoms with Crippen LogP contribution >= 0.6 is 0 Å². The van der Waals surface area contributed by atoms with Crippen LogP contribution in [0, 0.1) is 0 Å². The van der Waals surface area contributed by atoms with Crippen molar-refractivity contribution in [3.8, 4) is 11.5 Å². The number of aryl methyl sites for hydroxylation is 2. The number of nitrogens with one attached hydrogen (secondary N) is 1. The Morgan fingerprint density at radius 3 is 2.31 bits per heavy atom. The first-order valence-corrected chi connectivity index (χ1v) is 10.5. The first-order valence-electron chi connectivity index (χ1n) is 10.5. The van der Waals surface area contributed by atoms with Crippen LogP contribution in [0.3, 0.4) is 0 Å². The predicted octanol–water partition coefficient (Wildman–Crippen LogP) is 6.14. The number of hydrogen-bond donors (Lipinski definition) is 1. The molecule has 0 aliphatic carbocycles. The van der Waals surface area contributed by atoms with Gasteiger partial charge in [-0.2, -0.15) is 0 Å². The van der Waals surface area contributed by atoms with Crippen LogP contribution in [-0.2, 0) is 12.8 Å². The van der Waals surface area contributed by atoms with E-state index in [0.29, 0.717) is 13.2 Å². The number of rotatable bonds is 11. The summed E-state index contributed by atoms with van der Waals surface area (Å²) in [7, 11) is 0. The van der Waals surface area contributed by atoms with Crippen LogP contribution in [0.4, 0.5) is 5.69 Å². The van der Waals surface area contributed by atoms with E-state index in [1.54, 1.807) is 0 Å². The maximum atomic E-state index is 6.03. The average molecular weight is 390 g/mol. The highest BCUT2D eigenvalue weighted by Crippen LogP contribution is 2.24. The zero-order valence-electron chi connectivity index (χ0n) is 17.4. The lowest BCUT2D eigenvalue weighted by molar-refractivity contribution is 0.234. The van der Waals surface area contributed by atoms with Gasteiger partial charge in [0.05, 0.1) is 18.8 Å². The zero-order chi connectivity index (χ0) is 20.3. The van der Waals surface area contributed by atoms with Gasteiger partial charge in [0, 0.05) is 0 Å². The molecule has 0 amide bonds. The summed E-state index contributed by atoms with van der Waals surface area (Å²) in [5.74, 6) is 1.79. The molecule has 0 saturated heterocycles. The molecule has 3 aromatic carbocycles. The summed E-state index contributed by atoms with van der Waals surface area (Å²) < 4.78 is 12.1. The molecule has 0 aliphatic heterocycles. The first-order chi connectivity index (χ1) is 14.2. The summed E-state index contributed by atoms with van der Waals surface area (Å²) in [6.07, 6.45) is 3.11. The van der Waals surface area contributed by atoms with Gasteiger partial charge >= 0.3 is 0 Å². The molecule has 3 heteroatoms. The lowest BCUT2D eigenvalue weighted by atomic mass is 10.1. The highest BCUT2D eigenvalue weighted by molar-refractivity contribution is 5.56. The van der Waals surface area contributed by atoms with Gasteiger partial charge in [0.15, 0.2) is 0 Å². The van der Waals surface area contributed by atoms with Crippen molar-refractivity contribution in [2.75, 3.05) is 18.5 Å². The van der Waals surface area contributed by atoms with Crippen molar-refractivity contribution in [1.29, 1.82) is 0 Å². The minimum absolute atomic E-state index is 0.0496. The predicted molar refractivity (Wildman–Crippen MR) is 121 cm³/mol. The second-order valence-electron chi connectivity index (χ2n) is 7.24. The van der Waals surface area contributed by atoms with Crippen molar-refractivity contribution < 1.29 is 9.47 Å². The Balaban J connectivity index is 1.45. The number of benzene rings is 3. The number of ether oxygens (including phenoxy) is 2. The van der Waals surface area contributed by atoms with Gasteiger partial charge in [0.25, 0.3) is 0 Å². The Labute approximate surface area is 174 Å². The summed E-state index contributed by atoms with van der Waals surface area (Å²) in [5, 5.41) is 3.46. The van der Waals surface area contributed by atoms with Gasteiger partial charge in [-0.3, -0.25) is 0 Å². The molecule has 29 heavy (non-hydrogen) atoms. The Kier molecular flexibility index (Phi) is 8.00. The highest BCUT2D eigenvalue weighted by Gasteiger charge is 2.07. The van der Waals surface area contributed by atoms with E-state index in [4.69, 9.17) is 9.47 Å². The van der Waals surface area contributed by atoms with Crippen LogP contribution < -0.4 is 14.8 Å². The van der Waals surface area contributed by atoms with E-state index >= 15 is 0 Å². The van der Waals surface area contributed by atoms with Crippen molar-refractivity contribution in [2.24, 2.45) is 0 Å². The Hall–Kier alpha value is -2.94. The van der Waals surface area contributed by atoms with Crippen LogP contribution in [0.1, 0.15) is 31.4 Å². The summed E-state index contributed by atoms with van der Waals surface area (Å²) in [6, 6.07) is 26.9. The van der Waals surface area contributed by atoms with Crippen molar-refractivity contribution in [3.05, 3.63) is 90.0 Å². The highest BCUT2D eigenvalue weighted by atomic mass is 16.5. The standard InChI is InChI=1S/C26H31NO2/c1-3-22-15-17-24(18-16-22)29-21(2)20-27-25-13-7-8-14-26(25)28-19-9-12-23-10-5-4-6-11-23/h4-8,10-11,13-18,21,27H,3,9,12,19-20H2,1-2H3. The molecule has 3 rings (SSSR count). The minimum Gasteiger partial charge on any atom is -0.491 e. The van der Waals surface area contributed by atoms with Gasteiger partial charge in [-0.25, -0.2) is 0 Å². The minimum atomic E-state index is 0.0496. The Bertz CT molecular complexity index is 846. The fourth-order valence-electron chi connectivity index (χ4n) is 3.17. The summed E-state index contributed by atoms with van der Waals surface area (Å²) in [6.45, 7) is 5.64. The Morgan fingerprint density at radius 2 is 1.55 bits per heavy atom. The smallest absolute Gasteiger partial charge is 0.142 e. The van der Waals surface area contributed by atoms with Gasteiger partial charge in [-0.05, 0) is 61.6 Å². The molecule has 0 fully saturated rings. The third-order valence-corrected chi connectivity index (χ3v) is 4.85. The molecule has 0 aromatic heterocycles. The molecule has 0 saturated carbocycles. The van der Waals surface area contributed by atoms with E-state index in [9.17, 15) is 0 Å². The fraction of sp³-hybridized carbons (Fsp3) is 0.308. The topological polar surface area (TPSA) is 30.5 Å². The van der Waals surface area contributed by atoms with E-state index in [0.717, 1.165) is 36.4 Å². The molecule has 1 N–H and O–H groups in total.